The monoisotopic (exact) mass is 248 g/mol. The minimum absolute atomic E-state index is 0.0951. The van der Waals surface area contributed by atoms with Crippen molar-refractivity contribution in [2.24, 2.45) is 17.8 Å². The number of hydrogen-bond donors (Lipinski definition) is 1. The van der Waals surface area contributed by atoms with Crippen LogP contribution in [0.5, 0.6) is 0 Å². The summed E-state index contributed by atoms with van der Waals surface area (Å²) in [7, 11) is 0. The summed E-state index contributed by atoms with van der Waals surface area (Å²) in [6.45, 7) is 8.64. The Morgan fingerprint density at radius 1 is 1.11 bits per heavy atom. The van der Waals surface area contributed by atoms with Crippen LogP contribution in [0.3, 0.4) is 0 Å². The molecule has 18 heavy (non-hydrogen) atoms. The molecule has 100 valence electrons. The molecule has 1 heterocycles. The lowest BCUT2D eigenvalue weighted by Gasteiger charge is -2.49. The summed E-state index contributed by atoms with van der Waals surface area (Å²) < 4.78 is 6.06. The van der Waals surface area contributed by atoms with Crippen molar-refractivity contribution in [3.63, 3.8) is 0 Å². The van der Waals surface area contributed by atoms with Gasteiger partial charge in [-0.2, -0.15) is 0 Å². The molecule has 2 nitrogen and oxygen atoms in total. The van der Waals surface area contributed by atoms with Gasteiger partial charge in [0, 0.05) is 11.5 Å². The first kappa shape index (κ1) is 13.6. The highest BCUT2D eigenvalue weighted by atomic mass is 16.6. The maximum Gasteiger partial charge on any atom is 0.195 e. The molecule has 1 saturated heterocycles. The van der Waals surface area contributed by atoms with E-state index in [9.17, 15) is 5.11 Å². The Morgan fingerprint density at radius 3 is 2.28 bits per heavy atom. The molecule has 1 aromatic carbocycles. The summed E-state index contributed by atoms with van der Waals surface area (Å²) in [6.07, 6.45) is 1.06. The van der Waals surface area contributed by atoms with Crippen LogP contribution in [0, 0.1) is 17.8 Å². The van der Waals surface area contributed by atoms with Crippen LogP contribution in [0.15, 0.2) is 30.3 Å². The molecule has 0 bridgehead atoms. The van der Waals surface area contributed by atoms with E-state index in [0.717, 1.165) is 12.0 Å². The van der Waals surface area contributed by atoms with E-state index in [2.05, 4.69) is 27.7 Å². The highest BCUT2D eigenvalue weighted by Gasteiger charge is 2.48. The lowest BCUT2D eigenvalue weighted by atomic mass is 9.72. The van der Waals surface area contributed by atoms with E-state index in [0.29, 0.717) is 11.8 Å². The Hall–Kier alpha value is -0.860. The maximum atomic E-state index is 11.0. The lowest BCUT2D eigenvalue weighted by molar-refractivity contribution is -0.316. The summed E-state index contributed by atoms with van der Waals surface area (Å²) in [5.41, 5.74) is 0.870. The first-order chi connectivity index (χ1) is 8.50. The molecule has 1 aliphatic heterocycles. The molecular formula is C16H24O2. The van der Waals surface area contributed by atoms with Gasteiger partial charge in [0.2, 0.25) is 0 Å². The number of rotatable bonds is 2. The van der Waals surface area contributed by atoms with Crippen LogP contribution in [0.1, 0.15) is 39.7 Å². The fraction of sp³-hybridized carbons (Fsp3) is 0.625. The predicted molar refractivity (Wildman–Crippen MR) is 73.0 cm³/mol. The Bertz CT molecular complexity index is 387. The van der Waals surface area contributed by atoms with Gasteiger partial charge in [-0.3, -0.25) is 0 Å². The molecular weight excluding hydrogens is 224 g/mol. The number of aliphatic hydroxyl groups is 1. The van der Waals surface area contributed by atoms with Gasteiger partial charge in [0.1, 0.15) is 0 Å². The molecule has 5 atom stereocenters. The van der Waals surface area contributed by atoms with Crippen LogP contribution in [0.4, 0.5) is 0 Å². The predicted octanol–water partition coefficient (Wildman–Crippen LogP) is 3.55. The van der Waals surface area contributed by atoms with Crippen LogP contribution in [0.25, 0.3) is 0 Å². The molecule has 0 radical (unpaired) electrons. The van der Waals surface area contributed by atoms with E-state index < -0.39 is 5.79 Å². The zero-order chi connectivity index (χ0) is 13.3. The van der Waals surface area contributed by atoms with E-state index in [4.69, 9.17) is 4.74 Å². The molecule has 0 saturated carbocycles. The molecule has 1 aromatic rings. The summed E-state index contributed by atoms with van der Waals surface area (Å²) in [5, 5.41) is 11.0. The first-order valence-electron chi connectivity index (χ1n) is 6.96. The van der Waals surface area contributed by atoms with Crippen molar-refractivity contribution in [3.8, 4) is 0 Å². The van der Waals surface area contributed by atoms with E-state index in [1.165, 1.54) is 0 Å². The average Bonchev–Trinajstić information content (AvgIpc) is 2.41. The molecule has 1 aliphatic rings. The first-order valence-corrected chi connectivity index (χ1v) is 6.96. The fourth-order valence-corrected chi connectivity index (χ4v) is 3.06. The third-order valence-electron chi connectivity index (χ3n) is 4.74. The fourth-order valence-electron chi connectivity index (χ4n) is 3.06. The van der Waals surface area contributed by atoms with Crippen molar-refractivity contribution in [2.75, 3.05) is 0 Å². The van der Waals surface area contributed by atoms with Gasteiger partial charge in [-0.05, 0) is 18.3 Å². The van der Waals surface area contributed by atoms with E-state index in [-0.39, 0.29) is 12.0 Å². The minimum atomic E-state index is -1.14. The average molecular weight is 248 g/mol. The van der Waals surface area contributed by atoms with Crippen LogP contribution in [0.2, 0.25) is 0 Å². The Balaban J connectivity index is 2.37. The van der Waals surface area contributed by atoms with Gasteiger partial charge in [0.05, 0.1) is 6.10 Å². The number of ether oxygens (including phenoxy) is 1. The third kappa shape index (κ3) is 2.08. The van der Waals surface area contributed by atoms with Crippen LogP contribution >= 0.6 is 0 Å². The van der Waals surface area contributed by atoms with Crippen LogP contribution in [-0.4, -0.2) is 11.2 Å². The van der Waals surface area contributed by atoms with Gasteiger partial charge in [-0.15, -0.1) is 0 Å². The normalized spacial score (nSPS) is 40.7. The Labute approximate surface area is 110 Å². The molecule has 2 rings (SSSR count). The summed E-state index contributed by atoms with van der Waals surface area (Å²) in [6, 6.07) is 9.77. The van der Waals surface area contributed by atoms with Gasteiger partial charge in [-0.25, -0.2) is 0 Å². The SMILES string of the molecule is CCC1OC(O)(c2ccccc2)C(C)C(C)C1C. The lowest BCUT2D eigenvalue weighted by Crippen LogP contribution is -2.51. The molecule has 2 heteroatoms. The topological polar surface area (TPSA) is 29.5 Å². The second-order valence-corrected chi connectivity index (χ2v) is 5.63. The van der Waals surface area contributed by atoms with Gasteiger partial charge < -0.3 is 9.84 Å². The van der Waals surface area contributed by atoms with E-state index >= 15 is 0 Å². The van der Waals surface area contributed by atoms with E-state index in [1.807, 2.05) is 30.3 Å². The maximum absolute atomic E-state index is 11.0. The zero-order valence-corrected chi connectivity index (χ0v) is 11.8. The third-order valence-corrected chi connectivity index (χ3v) is 4.74. The van der Waals surface area contributed by atoms with Crippen LogP contribution < -0.4 is 0 Å². The standard InChI is InChI=1S/C16H24O2/c1-5-15-12(3)11(2)13(4)16(17,18-15)14-9-7-6-8-10-14/h6-13,15,17H,5H2,1-4H3. The van der Waals surface area contributed by atoms with Crippen LogP contribution in [-0.2, 0) is 10.5 Å². The minimum Gasteiger partial charge on any atom is -0.362 e. The van der Waals surface area contributed by atoms with Crippen molar-refractivity contribution in [1.29, 1.82) is 0 Å². The van der Waals surface area contributed by atoms with Crippen molar-refractivity contribution < 1.29 is 9.84 Å². The quantitative estimate of drug-likeness (QED) is 0.867. The number of benzene rings is 1. The van der Waals surface area contributed by atoms with Crippen molar-refractivity contribution >= 4 is 0 Å². The second-order valence-electron chi connectivity index (χ2n) is 5.63. The van der Waals surface area contributed by atoms with Crippen molar-refractivity contribution in [1.82, 2.24) is 0 Å². The molecule has 0 spiro atoms. The van der Waals surface area contributed by atoms with Gasteiger partial charge in [0.25, 0.3) is 0 Å². The second kappa shape index (κ2) is 5.02. The molecule has 0 aromatic heterocycles. The number of hydrogen-bond acceptors (Lipinski definition) is 2. The molecule has 0 aliphatic carbocycles. The summed E-state index contributed by atoms with van der Waals surface area (Å²) >= 11 is 0. The van der Waals surface area contributed by atoms with Gasteiger partial charge in [-0.1, -0.05) is 58.0 Å². The summed E-state index contributed by atoms with van der Waals surface area (Å²) in [4.78, 5) is 0. The highest BCUT2D eigenvalue weighted by Crippen LogP contribution is 2.46. The van der Waals surface area contributed by atoms with Crippen molar-refractivity contribution in [3.05, 3.63) is 35.9 Å². The Morgan fingerprint density at radius 2 is 1.72 bits per heavy atom. The Kier molecular flexibility index (Phi) is 3.79. The van der Waals surface area contributed by atoms with E-state index in [1.54, 1.807) is 0 Å². The summed E-state index contributed by atoms with van der Waals surface area (Å²) in [5.74, 6) is -0.131. The van der Waals surface area contributed by atoms with Crippen molar-refractivity contribution in [2.45, 2.75) is 46.0 Å². The van der Waals surface area contributed by atoms with Gasteiger partial charge >= 0.3 is 0 Å². The largest absolute Gasteiger partial charge is 0.362 e. The smallest absolute Gasteiger partial charge is 0.195 e. The molecule has 5 unspecified atom stereocenters. The molecule has 1 fully saturated rings. The molecule has 0 amide bonds. The highest BCUT2D eigenvalue weighted by molar-refractivity contribution is 5.22. The molecule has 1 N–H and O–H groups in total. The van der Waals surface area contributed by atoms with Gasteiger partial charge in [0.15, 0.2) is 5.79 Å². The zero-order valence-electron chi connectivity index (χ0n) is 11.8.